The summed E-state index contributed by atoms with van der Waals surface area (Å²) in [6, 6.07) is -0.419. The fraction of sp³-hybridized carbons (Fsp3) is 0.667. The van der Waals surface area contributed by atoms with E-state index in [1.165, 1.54) is 11.9 Å². The summed E-state index contributed by atoms with van der Waals surface area (Å²) in [4.78, 5) is 36.4. The summed E-state index contributed by atoms with van der Waals surface area (Å²) >= 11 is 0. The number of aldehydes is 1. The summed E-state index contributed by atoms with van der Waals surface area (Å²) < 4.78 is 5.17. The van der Waals surface area contributed by atoms with E-state index in [-0.39, 0.29) is 19.1 Å². The van der Waals surface area contributed by atoms with Crippen molar-refractivity contribution in [1.29, 1.82) is 0 Å². The number of urea groups is 1. The van der Waals surface area contributed by atoms with Crippen LogP contribution in [0.5, 0.6) is 0 Å². The highest BCUT2D eigenvalue weighted by Crippen LogP contribution is 2.33. The molecule has 0 aliphatic carbocycles. The molecule has 0 aromatic carbocycles. The molecule has 3 amide bonds. The lowest BCUT2D eigenvalue weighted by Crippen LogP contribution is -2.50. The van der Waals surface area contributed by atoms with Crippen LogP contribution in [0.3, 0.4) is 0 Å². The SMILES string of the molecule is CN1C(=O)N(CC=O)C2(CCOC2)C1=O. The Morgan fingerprint density at radius 3 is 2.80 bits per heavy atom. The van der Waals surface area contributed by atoms with Crippen LogP contribution in [0, 0.1) is 0 Å². The molecule has 2 saturated heterocycles. The Bertz CT molecular complexity index is 322. The number of carbonyl (C=O) groups is 3. The lowest BCUT2D eigenvalue weighted by Gasteiger charge is -2.27. The van der Waals surface area contributed by atoms with E-state index in [1.807, 2.05) is 0 Å². The van der Waals surface area contributed by atoms with Gasteiger partial charge in [0.25, 0.3) is 5.91 Å². The molecule has 2 rings (SSSR count). The molecule has 6 nitrogen and oxygen atoms in total. The van der Waals surface area contributed by atoms with Crippen LogP contribution in [0.1, 0.15) is 6.42 Å². The van der Waals surface area contributed by atoms with Gasteiger partial charge >= 0.3 is 6.03 Å². The van der Waals surface area contributed by atoms with Crippen molar-refractivity contribution in [3.05, 3.63) is 0 Å². The molecule has 0 aromatic heterocycles. The number of likely N-dealkylation sites (N-methyl/N-ethyl adjacent to an activating group) is 1. The Morgan fingerprint density at radius 1 is 1.53 bits per heavy atom. The van der Waals surface area contributed by atoms with Gasteiger partial charge in [0.2, 0.25) is 0 Å². The van der Waals surface area contributed by atoms with Crippen molar-refractivity contribution in [1.82, 2.24) is 9.80 Å². The van der Waals surface area contributed by atoms with Gasteiger partial charge in [-0.25, -0.2) is 4.79 Å². The third-order valence-corrected chi connectivity index (χ3v) is 3.00. The Kier molecular flexibility index (Phi) is 2.22. The van der Waals surface area contributed by atoms with Crippen molar-refractivity contribution in [2.75, 3.05) is 26.8 Å². The highest BCUT2D eigenvalue weighted by atomic mass is 16.5. The predicted octanol–water partition coefficient (Wildman–Crippen LogP) is -0.762. The first-order valence-corrected chi connectivity index (χ1v) is 4.74. The van der Waals surface area contributed by atoms with Crippen LogP contribution in [0.15, 0.2) is 0 Å². The summed E-state index contributed by atoms with van der Waals surface area (Å²) in [5.41, 5.74) is -0.924. The topological polar surface area (TPSA) is 66.9 Å². The number of hydrogen-bond donors (Lipinski definition) is 0. The summed E-state index contributed by atoms with van der Waals surface area (Å²) in [6.45, 7) is 0.580. The molecule has 0 N–H and O–H groups in total. The molecule has 2 fully saturated rings. The van der Waals surface area contributed by atoms with Crippen LogP contribution in [0.4, 0.5) is 4.79 Å². The second-order valence-electron chi connectivity index (χ2n) is 3.76. The average molecular weight is 212 g/mol. The molecule has 1 spiro atoms. The first-order valence-electron chi connectivity index (χ1n) is 4.74. The highest BCUT2D eigenvalue weighted by Gasteiger charge is 2.57. The second-order valence-corrected chi connectivity index (χ2v) is 3.76. The maximum atomic E-state index is 11.9. The average Bonchev–Trinajstić information content (AvgIpc) is 2.77. The van der Waals surface area contributed by atoms with Gasteiger partial charge < -0.3 is 14.4 Å². The van der Waals surface area contributed by atoms with Crippen LogP contribution in [0.25, 0.3) is 0 Å². The molecule has 1 unspecified atom stereocenters. The molecule has 6 heteroatoms. The standard InChI is InChI=1S/C9H12N2O4/c1-10-7(13)9(2-5-15-6-9)11(3-4-12)8(10)14/h4H,2-3,5-6H2,1H3. The van der Waals surface area contributed by atoms with Crippen molar-refractivity contribution in [3.8, 4) is 0 Å². The van der Waals surface area contributed by atoms with Crippen LogP contribution in [-0.4, -0.2) is 60.4 Å². The van der Waals surface area contributed by atoms with E-state index in [0.717, 1.165) is 4.90 Å². The van der Waals surface area contributed by atoms with Crippen molar-refractivity contribution in [2.45, 2.75) is 12.0 Å². The monoisotopic (exact) mass is 212 g/mol. The predicted molar refractivity (Wildman–Crippen MR) is 49.1 cm³/mol. The summed E-state index contributed by atoms with van der Waals surface area (Å²) in [7, 11) is 1.43. The minimum Gasteiger partial charge on any atom is -0.378 e. The van der Waals surface area contributed by atoms with Gasteiger partial charge in [0.1, 0.15) is 11.8 Å². The van der Waals surface area contributed by atoms with E-state index in [0.29, 0.717) is 19.3 Å². The van der Waals surface area contributed by atoms with Crippen molar-refractivity contribution in [2.24, 2.45) is 0 Å². The van der Waals surface area contributed by atoms with Gasteiger partial charge in [-0.2, -0.15) is 0 Å². The largest absolute Gasteiger partial charge is 0.378 e. The van der Waals surface area contributed by atoms with E-state index < -0.39 is 11.6 Å². The van der Waals surface area contributed by atoms with Crippen molar-refractivity contribution >= 4 is 18.2 Å². The lowest BCUT2D eigenvalue weighted by atomic mass is 9.97. The van der Waals surface area contributed by atoms with Crippen LogP contribution in [-0.2, 0) is 14.3 Å². The molecule has 2 heterocycles. The molecule has 0 bridgehead atoms. The van der Waals surface area contributed by atoms with E-state index in [9.17, 15) is 14.4 Å². The molecular formula is C9H12N2O4. The van der Waals surface area contributed by atoms with Gasteiger partial charge in [-0.05, 0) is 0 Å². The zero-order valence-electron chi connectivity index (χ0n) is 8.43. The van der Waals surface area contributed by atoms with E-state index in [1.54, 1.807) is 0 Å². The van der Waals surface area contributed by atoms with Crippen molar-refractivity contribution < 1.29 is 19.1 Å². The minimum absolute atomic E-state index is 0.0573. The molecule has 15 heavy (non-hydrogen) atoms. The van der Waals surface area contributed by atoms with Gasteiger partial charge in [0.05, 0.1) is 13.2 Å². The fourth-order valence-corrected chi connectivity index (χ4v) is 2.14. The molecule has 0 aromatic rings. The van der Waals surface area contributed by atoms with Gasteiger partial charge in [-0.1, -0.05) is 0 Å². The number of imide groups is 1. The van der Waals surface area contributed by atoms with Crippen LogP contribution in [0.2, 0.25) is 0 Å². The summed E-state index contributed by atoms with van der Waals surface area (Å²) in [6.07, 6.45) is 1.10. The highest BCUT2D eigenvalue weighted by molar-refractivity contribution is 6.07. The number of amides is 3. The van der Waals surface area contributed by atoms with E-state index >= 15 is 0 Å². The number of carbonyl (C=O) groups excluding carboxylic acids is 3. The fourth-order valence-electron chi connectivity index (χ4n) is 2.14. The molecule has 0 radical (unpaired) electrons. The molecular weight excluding hydrogens is 200 g/mol. The lowest BCUT2D eigenvalue weighted by molar-refractivity contribution is -0.132. The second kappa shape index (κ2) is 3.30. The van der Waals surface area contributed by atoms with Crippen LogP contribution >= 0.6 is 0 Å². The van der Waals surface area contributed by atoms with Crippen LogP contribution < -0.4 is 0 Å². The number of ether oxygens (including phenoxy) is 1. The van der Waals surface area contributed by atoms with Gasteiger partial charge in [0, 0.05) is 20.1 Å². The van der Waals surface area contributed by atoms with E-state index in [4.69, 9.17) is 4.74 Å². The Morgan fingerprint density at radius 2 is 2.27 bits per heavy atom. The van der Waals surface area contributed by atoms with Gasteiger partial charge in [-0.15, -0.1) is 0 Å². The first-order chi connectivity index (χ1) is 7.13. The van der Waals surface area contributed by atoms with Crippen molar-refractivity contribution in [3.63, 3.8) is 0 Å². The van der Waals surface area contributed by atoms with Gasteiger partial charge in [-0.3, -0.25) is 9.69 Å². The number of nitrogens with zero attached hydrogens (tertiary/aromatic N) is 2. The van der Waals surface area contributed by atoms with E-state index in [2.05, 4.69) is 0 Å². The smallest absolute Gasteiger partial charge is 0.327 e. The van der Waals surface area contributed by atoms with Gasteiger partial charge in [0.15, 0.2) is 0 Å². The molecule has 2 aliphatic heterocycles. The molecule has 1 atom stereocenters. The third-order valence-electron chi connectivity index (χ3n) is 3.00. The quantitative estimate of drug-likeness (QED) is 0.445. The Labute approximate surface area is 86.8 Å². The number of rotatable bonds is 2. The zero-order chi connectivity index (χ0) is 11.1. The molecule has 82 valence electrons. The Hall–Kier alpha value is -1.43. The maximum Gasteiger partial charge on any atom is 0.327 e. The first kappa shape index (κ1) is 10.1. The molecule has 0 saturated carbocycles. The third kappa shape index (κ3) is 1.18. The normalized spacial score (nSPS) is 30.7. The Balaban J connectivity index is 2.37. The molecule has 2 aliphatic rings. The zero-order valence-corrected chi connectivity index (χ0v) is 8.43. The maximum absolute atomic E-state index is 11.9. The minimum atomic E-state index is -0.924. The summed E-state index contributed by atoms with van der Waals surface area (Å²) in [5.74, 6) is -0.271. The summed E-state index contributed by atoms with van der Waals surface area (Å²) in [5, 5.41) is 0. The number of hydrogen-bond acceptors (Lipinski definition) is 4.